The van der Waals surface area contributed by atoms with Crippen molar-refractivity contribution in [3.8, 4) is 5.75 Å². The number of aromatic nitrogens is 3. The molecule has 1 aliphatic heterocycles. The Morgan fingerprint density at radius 2 is 2.03 bits per heavy atom. The standard InChI is InChI=1S/C23H27ClN6O.HI/c1-2-22-29-27-16-30(22)13-12-25-23(26-15-17-7-9-18(24)10-8-17)28-20-11-14-31-21-6-4-3-5-19(20)21;/h3-10,16,20H,2,11-15H2,1H3,(H2,25,26,28);1H. The molecule has 170 valence electrons. The predicted octanol–water partition coefficient (Wildman–Crippen LogP) is 4.37. The molecule has 1 aliphatic rings. The number of hydrogen-bond donors (Lipinski definition) is 2. The fourth-order valence-electron chi connectivity index (χ4n) is 3.60. The number of guanidine groups is 1. The Balaban J connectivity index is 0.00000289. The van der Waals surface area contributed by atoms with Gasteiger partial charge in [0.2, 0.25) is 0 Å². The summed E-state index contributed by atoms with van der Waals surface area (Å²) >= 11 is 6.01. The van der Waals surface area contributed by atoms with E-state index in [-0.39, 0.29) is 30.0 Å². The van der Waals surface area contributed by atoms with Crippen LogP contribution in [0.5, 0.6) is 5.75 Å². The summed E-state index contributed by atoms with van der Waals surface area (Å²) < 4.78 is 7.86. The van der Waals surface area contributed by atoms with Crippen LogP contribution in [0.25, 0.3) is 0 Å². The second-order valence-electron chi connectivity index (χ2n) is 7.38. The van der Waals surface area contributed by atoms with Gasteiger partial charge in [-0.25, -0.2) is 4.99 Å². The van der Waals surface area contributed by atoms with Crippen molar-refractivity contribution in [2.24, 2.45) is 4.99 Å². The average molecular weight is 567 g/mol. The van der Waals surface area contributed by atoms with Crippen molar-refractivity contribution in [3.05, 3.63) is 76.8 Å². The van der Waals surface area contributed by atoms with Crippen molar-refractivity contribution in [3.63, 3.8) is 0 Å². The minimum absolute atomic E-state index is 0. The Bertz CT molecular complexity index is 1020. The maximum atomic E-state index is 6.01. The zero-order chi connectivity index (χ0) is 21.5. The van der Waals surface area contributed by atoms with Gasteiger partial charge in [-0.3, -0.25) is 0 Å². The molecule has 0 aliphatic carbocycles. The smallest absolute Gasteiger partial charge is 0.192 e. The number of nitrogens with one attached hydrogen (secondary N) is 2. The summed E-state index contributed by atoms with van der Waals surface area (Å²) in [5.41, 5.74) is 2.26. The summed E-state index contributed by atoms with van der Waals surface area (Å²) in [7, 11) is 0. The van der Waals surface area contributed by atoms with Gasteiger partial charge >= 0.3 is 0 Å². The second kappa shape index (κ2) is 12.1. The van der Waals surface area contributed by atoms with E-state index in [1.165, 1.54) is 0 Å². The van der Waals surface area contributed by atoms with Crippen LogP contribution >= 0.6 is 35.6 Å². The molecule has 0 amide bonds. The quantitative estimate of drug-likeness (QED) is 0.252. The first-order valence-electron chi connectivity index (χ1n) is 10.6. The second-order valence-corrected chi connectivity index (χ2v) is 7.82. The third-order valence-electron chi connectivity index (χ3n) is 5.26. The van der Waals surface area contributed by atoms with E-state index in [2.05, 4.69) is 38.4 Å². The van der Waals surface area contributed by atoms with Gasteiger partial charge in [0, 0.05) is 36.5 Å². The van der Waals surface area contributed by atoms with E-state index in [1.807, 2.05) is 42.5 Å². The molecule has 2 aromatic carbocycles. The van der Waals surface area contributed by atoms with Crippen LogP contribution in [0.4, 0.5) is 0 Å². The van der Waals surface area contributed by atoms with Crippen molar-refractivity contribution in [2.45, 2.75) is 38.9 Å². The third-order valence-corrected chi connectivity index (χ3v) is 5.51. The van der Waals surface area contributed by atoms with Gasteiger partial charge in [0.05, 0.1) is 19.2 Å². The predicted molar refractivity (Wildman–Crippen MR) is 138 cm³/mol. The summed E-state index contributed by atoms with van der Waals surface area (Å²) in [4.78, 5) is 4.82. The number of aliphatic imine (C=N–C) groups is 1. The van der Waals surface area contributed by atoms with E-state index < -0.39 is 0 Å². The molecular formula is C23H28ClIN6O. The number of fused-ring (bicyclic) bond motifs is 1. The van der Waals surface area contributed by atoms with Gasteiger partial charge in [0.25, 0.3) is 0 Å². The topological polar surface area (TPSA) is 76.4 Å². The zero-order valence-electron chi connectivity index (χ0n) is 18.0. The highest BCUT2D eigenvalue weighted by Crippen LogP contribution is 2.31. The molecular weight excluding hydrogens is 539 g/mol. The highest BCUT2D eigenvalue weighted by Gasteiger charge is 2.21. The van der Waals surface area contributed by atoms with E-state index in [1.54, 1.807) is 6.33 Å². The number of rotatable bonds is 7. The average Bonchev–Trinajstić information content (AvgIpc) is 3.26. The number of para-hydroxylation sites is 1. The molecule has 0 radical (unpaired) electrons. The Morgan fingerprint density at radius 1 is 1.22 bits per heavy atom. The van der Waals surface area contributed by atoms with Crippen molar-refractivity contribution in [1.29, 1.82) is 0 Å². The fraction of sp³-hybridized carbons (Fsp3) is 0.348. The lowest BCUT2D eigenvalue weighted by Crippen LogP contribution is -2.42. The summed E-state index contributed by atoms with van der Waals surface area (Å²) in [6, 6.07) is 16.1. The van der Waals surface area contributed by atoms with Gasteiger partial charge in [-0.2, -0.15) is 0 Å². The normalized spacial score (nSPS) is 15.3. The van der Waals surface area contributed by atoms with Gasteiger partial charge < -0.3 is 19.9 Å². The lowest BCUT2D eigenvalue weighted by atomic mass is 10.0. The zero-order valence-corrected chi connectivity index (χ0v) is 21.1. The van der Waals surface area contributed by atoms with E-state index >= 15 is 0 Å². The first-order valence-corrected chi connectivity index (χ1v) is 11.0. The molecule has 9 heteroatoms. The van der Waals surface area contributed by atoms with Crippen LogP contribution in [0.3, 0.4) is 0 Å². The van der Waals surface area contributed by atoms with Gasteiger partial charge in [-0.15, -0.1) is 34.2 Å². The van der Waals surface area contributed by atoms with E-state index in [0.717, 1.165) is 53.1 Å². The van der Waals surface area contributed by atoms with Crippen molar-refractivity contribution in [2.75, 3.05) is 13.2 Å². The van der Waals surface area contributed by atoms with Crippen molar-refractivity contribution < 1.29 is 4.74 Å². The third kappa shape index (κ3) is 6.35. The number of ether oxygens (including phenoxy) is 1. The minimum atomic E-state index is 0. The Kier molecular flexibility index (Phi) is 9.16. The van der Waals surface area contributed by atoms with Crippen LogP contribution < -0.4 is 15.4 Å². The van der Waals surface area contributed by atoms with E-state index in [0.29, 0.717) is 19.7 Å². The SMILES string of the molecule is CCc1nncn1CCNC(=NCc1ccc(Cl)cc1)NC1CCOc2ccccc21.I. The molecule has 1 aromatic heterocycles. The van der Waals surface area contributed by atoms with Gasteiger partial charge in [0.1, 0.15) is 17.9 Å². The van der Waals surface area contributed by atoms with Crippen LogP contribution in [-0.2, 0) is 19.5 Å². The maximum Gasteiger partial charge on any atom is 0.192 e. The minimum Gasteiger partial charge on any atom is -0.493 e. The highest BCUT2D eigenvalue weighted by molar-refractivity contribution is 14.0. The van der Waals surface area contributed by atoms with Crippen LogP contribution in [0, 0.1) is 0 Å². The van der Waals surface area contributed by atoms with Crippen molar-refractivity contribution >= 4 is 41.5 Å². The lowest BCUT2D eigenvalue weighted by Gasteiger charge is -2.28. The molecule has 0 fully saturated rings. The van der Waals surface area contributed by atoms with E-state index in [9.17, 15) is 0 Å². The molecule has 0 saturated heterocycles. The molecule has 7 nitrogen and oxygen atoms in total. The molecule has 1 unspecified atom stereocenters. The number of hydrogen-bond acceptors (Lipinski definition) is 4. The summed E-state index contributed by atoms with van der Waals surface area (Å²) in [6.45, 7) is 4.80. The van der Waals surface area contributed by atoms with Crippen LogP contribution in [0.1, 0.15) is 36.3 Å². The van der Waals surface area contributed by atoms with Crippen LogP contribution in [-0.4, -0.2) is 33.9 Å². The van der Waals surface area contributed by atoms with Crippen molar-refractivity contribution in [1.82, 2.24) is 25.4 Å². The molecule has 3 aromatic rings. The molecule has 0 bridgehead atoms. The molecule has 2 N–H and O–H groups in total. The summed E-state index contributed by atoms with van der Waals surface area (Å²) in [5.74, 6) is 2.68. The van der Waals surface area contributed by atoms with Crippen LogP contribution in [0.2, 0.25) is 5.02 Å². The maximum absolute atomic E-state index is 6.01. The Hall–Kier alpha value is -2.33. The monoisotopic (exact) mass is 566 g/mol. The Labute approximate surface area is 210 Å². The first-order chi connectivity index (χ1) is 15.2. The summed E-state index contributed by atoms with van der Waals surface area (Å²) in [5, 5.41) is 15.9. The number of aryl methyl sites for hydroxylation is 1. The molecule has 0 spiro atoms. The first kappa shape index (κ1) is 24.3. The molecule has 1 atom stereocenters. The Morgan fingerprint density at radius 3 is 2.84 bits per heavy atom. The number of nitrogens with zero attached hydrogens (tertiary/aromatic N) is 4. The number of benzene rings is 2. The molecule has 2 heterocycles. The number of halogens is 2. The van der Waals surface area contributed by atoms with Gasteiger partial charge in [-0.1, -0.05) is 48.9 Å². The fourth-order valence-corrected chi connectivity index (χ4v) is 3.73. The van der Waals surface area contributed by atoms with Gasteiger partial charge in [0.15, 0.2) is 5.96 Å². The lowest BCUT2D eigenvalue weighted by molar-refractivity contribution is 0.261. The summed E-state index contributed by atoms with van der Waals surface area (Å²) in [6.07, 6.45) is 3.51. The molecule has 0 saturated carbocycles. The molecule has 4 rings (SSSR count). The van der Waals surface area contributed by atoms with Gasteiger partial charge in [-0.05, 0) is 23.8 Å². The van der Waals surface area contributed by atoms with Crippen LogP contribution in [0.15, 0.2) is 59.9 Å². The molecule has 32 heavy (non-hydrogen) atoms. The largest absolute Gasteiger partial charge is 0.493 e. The highest BCUT2D eigenvalue weighted by atomic mass is 127. The van der Waals surface area contributed by atoms with E-state index in [4.69, 9.17) is 21.3 Å².